The zero-order chi connectivity index (χ0) is 19.3. The first-order valence-electron chi connectivity index (χ1n) is 10.7. The molecule has 0 aromatic rings. The molecule has 4 rings (SSSR count). The van der Waals surface area contributed by atoms with Crippen LogP contribution in [0.2, 0.25) is 0 Å². The van der Waals surface area contributed by atoms with Crippen molar-refractivity contribution in [1.29, 1.82) is 0 Å². The second-order valence-corrected chi connectivity index (χ2v) is 9.42. The number of carbonyl (C=O) groups excluding carboxylic acids is 2. The van der Waals surface area contributed by atoms with Crippen LogP contribution < -0.4 is 0 Å². The van der Waals surface area contributed by atoms with Gasteiger partial charge in [-0.05, 0) is 68.1 Å². The molecule has 0 heterocycles. The quantitative estimate of drug-likeness (QED) is 0.688. The maximum atomic E-state index is 13.3. The van der Waals surface area contributed by atoms with Crippen LogP contribution in [-0.4, -0.2) is 22.8 Å². The Balaban J connectivity index is 0.000000948. The molecule has 3 heteroatoms. The van der Waals surface area contributed by atoms with E-state index in [0.29, 0.717) is 24.0 Å². The van der Waals surface area contributed by atoms with Crippen LogP contribution in [0.1, 0.15) is 79.6 Å². The number of Topliss-reactive ketones (excluding diaryl/α,β-unsaturated/α-hetero) is 2. The summed E-state index contributed by atoms with van der Waals surface area (Å²) < 4.78 is 0. The van der Waals surface area contributed by atoms with Crippen molar-refractivity contribution in [2.75, 3.05) is 0 Å². The van der Waals surface area contributed by atoms with Gasteiger partial charge in [0.2, 0.25) is 0 Å². The molecule has 3 fully saturated rings. The molecule has 3 saturated carbocycles. The molecule has 26 heavy (non-hydrogen) atoms. The molecule has 3 nitrogen and oxygen atoms in total. The van der Waals surface area contributed by atoms with Crippen LogP contribution in [0.4, 0.5) is 0 Å². The summed E-state index contributed by atoms with van der Waals surface area (Å²) >= 11 is 0. The maximum absolute atomic E-state index is 13.3. The second-order valence-electron chi connectivity index (χ2n) is 9.42. The topological polar surface area (TPSA) is 54.4 Å². The van der Waals surface area contributed by atoms with Gasteiger partial charge in [0.25, 0.3) is 0 Å². The Hall–Kier alpha value is -0.960. The average Bonchev–Trinajstić information content (AvgIpc) is 2.93. The highest BCUT2D eigenvalue weighted by molar-refractivity contribution is 5.87. The molecular formula is C23H36O3. The molecule has 1 N–H and O–H groups in total. The van der Waals surface area contributed by atoms with E-state index in [1.54, 1.807) is 6.92 Å². The van der Waals surface area contributed by atoms with Gasteiger partial charge in [0.15, 0.2) is 0 Å². The number of carbonyl (C=O) groups is 2. The lowest BCUT2D eigenvalue weighted by molar-refractivity contribution is -0.146. The summed E-state index contributed by atoms with van der Waals surface area (Å²) in [6.07, 6.45) is 8.16. The van der Waals surface area contributed by atoms with Crippen LogP contribution in [0, 0.1) is 34.5 Å². The normalized spacial score (nSPS) is 46.9. The first-order valence-corrected chi connectivity index (χ1v) is 10.7. The van der Waals surface area contributed by atoms with Gasteiger partial charge in [0.1, 0.15) is 11.6 Å². The highest BCUT2D eigenvalue weighted by Gasteiger charge is 2.62. The van der Waals surface area contributed by atoms with Crippen molar-refractivity contribution in [2.45, 2.75) is 85.7 Å². The van der Waals surface area contributed by atoms with Crippen LogP contribution in [0.25, 0.3) is 0 Å². The van der Waals surface area contributed by atoms with E-state index in [9.17, 15) is 14.7 Å². The third-order valence-electron chi connectivity index (χ3n) is 8.26. The Morgan fingerprint density at radius 2 is 1.88 bits per heavy atom. The smallest absolute Gasteiger partial charge is 0.137 e. The highest BCUT2D eigenvalue weighted by Crippen LogP contribution is 2.65. The van der Waals surface area contributed by atoms with E-state index in [2.05, 4.69) is 19.9 Å². The first-order chi connectivity index (χ1) is 12.3. The predicted octanol–water partition coefficient (Wildman–Crippen LogP) is 4.72. The summed E-state index contributed by atoms with van der Waals surface area (Å²) in [6.45, 7) is 10.2. The Labute approximate surface area is 158 Å². The van der Waals surface area contributed by atoms with Crippen LogP contribution in [0.5, 0.6) is 0 Å². The molecule has 7 unspecified atom stereocenters. The first kappa shape index (κ1) is 19.8. The van der Waals surface area contributed by atoms with E-state index in [4.69, 9.17) is 0 Å². The van der Waals surface area contributed by atoms with Gasteiger partial charge in [-0.15, -0.1) is 0 Å². The highest BCUT2D eigenvalue weighted by atomic mass is 16.3. The number of hydrogen-bond acceptors (Lipinski definition) is 3. The molecule has 0 aliphatic heterocycles. The number of ketones is 2. The fourth-order valence-electron chi connectivity index (χ4n) is 7.14. The van der Waals surface area contributed by atoms with Crippen LogP contribution >= 0.6 is 0 Å². The third kappa shape index (κ3) is 2.73. The predicted molar refractivity (Wildman–Crippen MR) is 104 cm³/mol. The Bertz CT molecular complexity index is 621. The molecule has 146 valence electrons. The molecule has 0 aromatic heterocycles. The van der Waals surface area contributed by atoms with Gasteiger partial charge in [0.05, 0.1) is 6.10 Å². The summed E-state index contributed by atoms with van der Waals surface area (Å²) in [7, 11) is 0. The van der Waals surface area contributed by atoms with Crippen molar-refractivity contribution >= 4 is 11.6 Å². The fourth-order valence-corrected chi connectivity index (χ4v) is 7.14. The van der Waals surface area contributed by atoms with Crippen LogP contribution in [-0.2, 0) is 9.59 Å². The van der Waals surface area contributed by atoms with Gasteiger partial charge in [-0.2, -0.15) is 0 Å². The summed E-state index contributed by atoms with van der Waals surface area (Å²) in [4.78, 5) is 25.4. The Kier molecular flexibility index (Phi) is 5.24. The lowest BCUT2D eigenvalue weighted by Crippen LogP contribution is -2.55. The lowest BCUT2D eigenvalue weighted by Gasteiger charge is -2.56. The van der Waals surface area contributed by atoms with E-state index in [1.165, 1.54) is 5.57 Å². The Morgan fingerprint density at radius 1 is 1.19 bits per heavy atom. The minimum absolute atomic E-state index is 0.0606. The van der Waals surface area contributed by atoms with E-state index >= 15 is 0 Å². The second kappa shape index (κ2) is 6.89. The zero-order valence-corrected chi connectivity index (χ0v) is 17.2. The molecule has 0 bridgehead atoms. The van der Waals surface area contributed by atoms with E-state index < -0.39 is 0 Å². The van der Waals surface area contributed by atoms with Crippen molar-refractivity contribution in [2.24, 2.45) is 34.5 Å². The molecule has 7 atom stereocenters. The van der Waals surface area contributed by atoms with Crippen molar-refractivity contribution in [1.82, 2.24) is 0 Å². The molecule has 4 aliphatic rings. The SMILES string of the molecule is CC.CC(=O)C1CCC2C3CC=C4CC(O)CCC4(C)C3C(=O)CC12C. The largest absolute Gasteiger partial charge is 0.393 e. The molecular weight excluding hydrogens is 324 g/mol. The van der Waals surface area contributed by atoms with Crippen LogP contribution in [0.3, 0.4) is 0 Å². The fraction of sp³-hybridized carbons (Fsp3) is 0.826. The third-order valence-corrected chi connectivity index (χ3v) is 8.26. The van der Waals surface area contributed by atoms with Gasteiger partial charge < -0.3 is 5.11 Å². The summed E-state index contributed by atoms with van der Waals surface area (Å²) in [6, 6.07) is 0. The number of rotatable bonds is 1. The molecule has 0 amide bonds. The van der Waals surface area contributed by atoms with Crippen molar-refractivity contribution < 1.29 is 14.7 Å². The summed E-state index contributed by atoms with van der Waals surface area (Å²) in [5.41, 5.74) is 1.13. The molecule has 4 aliphatic carbocycles. The molecule has 0 radical (unpaired) electrons. The van der Waals surface area contributed by atoms with Crippen molar-refractivity contribution in [3.63, 3.8) is 0 Å². The molecule has 0 spiro atoms. The average molecular weight is 361 g/mol. The summed E-state index contributed by atoms with van der Waals surface area (Å²) in [5.74, 6) is 1.72. The lowest BCUT2D eigenvalue weighted by atomic mass is 9.47. The molecule has 0 aromatic carbocycles. The minimum Gasteiger partial charge on any atom is -0.393 e. The van der Waals surface area contributed by atoms with E-state index in [1.807, 2.05) is 13.8 Å². The number of allylic oxidation sites excluding steroid dienone is 1. The van der Waals surface area contributed by atoms with Gasteiger partial charge in [-0.25, -0.2) is 0 Å². The zero-order valence-electron chi connectivity index (χ0n) is 17.2. The Morgan fingerprint density at radius 3 is 2.54 bits per heavy atom. The van der Waals surface area contributed by atoms with Crippen molar-refractivity contribution in [3.8, 4) is 0 Å². The standard InChI is InChI=1S/C21H30O3.C2H6/c1-12(22)16-6-7-17-15-5-4-13-10-14(23)8-9-20(13,2)19(15)18(24)11-21(16,17)3;1-2/h4,14-17,19,23H,5-11H2,1-3H3;1-2H3. The van der Waals surface area contributed by atoms with Gasteiger partial charge in [-0.3, -0.25) is 9.59 Å². The van der Waals surface area contributed by atoms with Gasteiger partial charge >= 0.3 is 0 Å². The monoisotopic (exact) mass is 360 g/mol. The minimum atomic E-state index is -0.238. The molecule has 0 saturated heterocycles. The summed E-state index contributed by atoms with van der Waals surface area (Å²) in [5, 5.41) is 10.0. The van der Waals surface area contributed by atoms with E-state index in [0.717, 1.165) is 38.5 Å². The number of hydrogen-bond donors (Lipinski definition) is 1. The van der Waals surface area contributed by atoms with Gasteiger partial charge in [-0.1, -0.05) is 39.3 Å². The number of aliphatic hydroxyl groups excluding tert-OH is 1. The van der Waals surface area contributed by atoms with Gasteiger partial charge in [0, 0.05) is 18.3 Å². The maximum Gasteiger partial charge on any atom is 0.137 e. The van der Waals surface area contributed by atoms with E-state index in [-0.39, 0.29) is 34.6 Å². The number of fused-ring (bicyclic) bond motifs is 5. The number of aliphatic hydroxyl groups is 1. The van der Waals surface area contributed by atoms with Crippen molar-refractivity contribution in [3.05, 3.63) is 11.6 Å². The van der Waals surface area contributed by atoms with Crippen LogP contribution in [0.15, 0.2) is 11.6 Å².